The quantitative estimate of drug-likeness (QED) is 0.664. The number of hydrogen-bond acceptors (Lipinski definition) is 3. The Morgan fingerprint density at radius 3 is 2.64 bits per heavy atom. The van der Waals surface area contributed by atoms with E-state index in [0.717, 1.165) is 17.9 Å². The van der Waals surface area contributed by atoms with E-state index in [4.69, 9.17) is 16.3 Å². The summed E-state index contributed by atoms with van der Waals surface area (Å²) in [4.78, 5) is 12.3. The second-order valence-corrected chi connectivity index (χ2v) is 7.15. The van der Waals surface area contributed by atoms with Crippen LogP contribution in [0, 0.1) is 11.3 Å². The summed E-state index contributed by atoms with van der Waals surface area (Å²) in [5.41, 5.74) is 2.32. The average molecular weight is 320 g/mol. The van der Waals surface area contributed by atoms with Gasteiger partial charge in [-0.15, -0.1) is 0 Å². The van der Waals surface area contributed by atoms with Crippen LogP contribution in [0.4, 0.5) is 0 Å². The summed E-state index contributed by atoms with van der Waals surface area (Å²) in [7, 11) is 1.45. The molecule has 1 N–H and O–H groups in total. The zero-order valence-corrected chi connectivity index (χ0v) is 14.0. The van der Waals surface area contributed by atoms with Crippen LogP contribution < -0.4 is 5.32 Å². The van der Waals surface area contributed by atoms with Gasteiger partial charge in [0.25, 0.3) is 0 Å². The largest absolute Gasteiger partial charge is 0.468 e. The van der Waals surface area contributed by atoms with E-state index in [1.165, 1.54) is 18.2 Å². The fraction of sp³-hybridized carbons (Fsp3) is 0.500. The molecule has 2 aliphatic rings. The van der Waals surface area contributed by atoms with Gasteiger partial charge in [0.15, 0.2) is 0 Å². The van der Waals surface area contributed by atoms with Crippen molar-refractivity contribution in [3.05, 3.63) is 46.5 Å². The normalized spacial score (nSPS) is 29.6. The number of carbonyl (C=O) groups is 1. The van der Waals surface area contributed by atoms with E-state index in [1.807, 2.05) is 24.3 Å². The number of methoxy groups -OCH3 is 1. The van der Waals surface area contributed by atoms with Gasteiger partial charge in [-0.2, -0.15) is 0 Å². The van der Waals surface area contributed by atoms with Gasteiger partial charge in [-0.1, -0.05) is 49.2 Å². The van der Waals surface area contributed by atoms with Crippen molar-refractivity contribution in [2.24, 2.45) is 11.3 Å². The summed E-state index contributed by atoms with van der Waals surface area (Å²) in [6, 6.07) is 7.70. The van der Waals surface area contributed by atoms with Crippen LogP contribution in [-0.4, -0.2) is 19.1 Å². The minimum atomic E-state index is -0.334. The summed E-state index contributed by atoms with van der Waals surface area (Å²) in [6.07, 6.45) is 4.50. The molecule has 1 aromatic rings. The Morgan fingerprint density at radius 2 is 2.00 bits per heavy atom. The lowest BCUT2D eigenvalue weighted by Crippen LogP contribution is -2.56. The molecular formula is C18H22ClNO2. The monoisotopic (exact) mass is 319 g/mol. The molecule has 0 radical (unpaired) electrons. The number of allylic oxidation sites excluding steroid dienone is 1. The lowest BCUT2D eigenvalue weighted by atomic mass is 9.66. The Balaban J connectivity index is 2.00. The number of ether oxygens (including phenoxy) is 1. The zero-order chi connectivity index (χ0) is 15.9. The highest BCUT2D eigenvalue weighted by Crippen LogP contribution is 2.50. The van der Waals surface area contributed by atoms with E-state index >= 15 is 0 Å². The maximum atomic E-state index is 12.3. The number of fused-ring (bicyclic) bond motifs is 1. The first-order valence-corrected chi connectivity index (χ1v) is 8.13. The van der Waals surface area contributed by atoms with Gasteiger partial charge in [-0.25, -0.2) is 0 Å². The maximum absolute atomic E-state index is 12.3. The van der Waals surface area contributed by atoms with Crippen LogP contribution in [-0.2, 0) is 9.53 Å². The molecule has 0 unspecified atom stereocenters. The number of piperidine rings is 1. The Kier molecular flexibility index (Phi) is 4.04. The van der Waals surface area contributed by atoms with E-state index in [9.17, 15) is 4.79 Å². The van der Waals surface area contributed by atoms with Gasteiger partial charge >= 0.3 is 5.97 Å². The first kappa shape index (κ1) is 15.6. The predicted molar refractivity (Wildman–Crippen MR) is 87.7 cm³/mol. The molecule has 22 heavy (non-hydrogen) atoms. The number of rotatable bonds is 2. The highest BCUT2D eigenvalue weighted by atomic mass is 35.5. The van der Waals surface area contributed by atoms with E-state index in [2.05, 4.69) is 25.2 Å². The summed E-state index contributed by atoms with van der Waals surface area (Å²) < 4.78 is 5.03. The Morgan fingerprint density at radius 1 is 1.32 bits per heavy atom. The highest BCUT2D eigenvalue weighted by Gasteiger charge is 2.50. The lowest BCUT2D eigenvalue weighted by Gasteiger charge is -2.47. The van der Waals surface area contributed by atoms with Crippen molar-refractivity contribution in [2.75, 3.05) is 7.11 Å². The number of halogens is 1. The number of esters is 1. The number of nitrogens with one attached hydrogen (secondary N) is 1. The van der Waals surface area contributed by atoms with E-state index in [0.29, 0.717) is 5.92 Å². The molecule has 0 saturated carbocycles. The molecule has 0 amide bonds. The molecule has 1 fully saturated rings. The predicted octanol–water partition coefficient (Wildman–Crippen LogP) is 3.89. The van der Waals surface area contributed by atoms with Crippen LogP contribution in [0.25, 0.3) is 0 Å². The van der Waals surface area contributed by atoms with E-state index < -0.39 is 0 Å². The number of hydrogen-bond donors (Lipinski definition) is 1. The van der Waals surface area contributed by atoms with Gasteiger partial charge in [0.2, 0.25) is 0 Å². The molecule has 4 heteroatoms. The van der Waals surface area contributed by atoms with Crippen LogP contribution in [0.5, 0.6) is 0 Å². The molecule has 0 bridgehead atoms. The van der Waals surface area contributed by atoms with Crippen molar-refractivity contribution < 1.29 is 9.53 Å². The SMILES string of the molecule is COC(=O)[C@@H]1N[C@H](c2ccc(Cl)cc2)[C@H]2CCC=C2C1(C)C. The Bertz CT molecular complexity index is 606. The smallest absolute Gasteiger partial charge is 0.323 e. The zero-order valence-electron chi connectivity index (χ0n) is 13.2. The van der Waals surface area contributed by atoms with Crippen molar-refractivity contribution >= 4 is 17.6 Å². The average Bonchev–Trinajstić information content (AvgIpc) is 2.99. The van der Waals surface area contributed by atoms with Gasteiger partial charge in [0.05, 0.1) is 7.11 Å². The molecule has 1 saturated heterocycles. The summed E-state index contributed by atoms with van der Waals surface area (Å²) in [5, 5.41) is 4.27. The van der Waals surface area contributed by atoms with Gasteiger partial charge < -0.3 is 4.74 Å². The Labute approximate surface area is 136 Å². The number of carbonyl (C=O) groups excluding carboxylic acids is 1. The molecule has 3 atom stereocenters. The molecule has 3 nitrogen and oxygen atoms in total. The van der Waals surface area contributed by atoms with Crippen molar-refractivity contribution in [1.82, 2.24) is 5.32 Å². The molecule has 118 valence electrons. The molecule has 3 rings (SSSR count). The van der Waals surface area contributed by atoms with Gasteiger partial charge in [-0.3, -0.25) is 10.1 Å². The molecule has 1 aliphatic carbocycles. The molecule has 0 aromatic heterocycles. The molecule has 1 aliphatic heterocycles. The maximum Gasteiger partial charge on any atom is 0.323 e. The Hall–Kier alpha value is -1.32. The topological polar surface area (TPSA) is 38.3 Å². The second kappa shape index (κ2) is 5.71. The third-order valence-electron chi connectivity index (χ3n) is 5.12. The third kappa shape index (κ3) is 2.46. The van der Waals surface area contributed by atoms with Gasteiger partial charge in [0, 0.05) is 22.4 Å². The lowest BCUT2D eigenvalue weighted by molar-refractivity contribution is -0.147. The van der Waals surface area contributed by atoms with E-state index in [1.54, 1.807) is 0 Å². The first-order chi connectivity index (χ1) is 10.4. The summed E-state index contributed by atoms with van der Waals surface area (Å²) in [6.45, 7) is 4.26. The van der Waals surface area contributed by atoms with E-state index in [-0.39, 0.29) is 23.5 Å². The fourth-order valence-electron chi connectivity index (χ4n) is 3.96. The van der Waals surface area contributed by atoms with Crippen molar-refractivity contribution in [1.29, 1.82) is 0 Å². The van der Waals surface area contributed by atoms with Crippen LogP contribution in [0.15, 0.2) is 35.9 Å². The first-order valence-electron chi connectivity index (χ1n) is 7.75. The number of benzene rings is 1. The van der Waals surface area contributed by atoms with Crippen LogP contribution >= 0.6 is 11.6 Å². The van der Waals surface area contributed by atoms with Crippen molar-refractivity contribution in [3.63, 3.8) is 0 Å². The summed E-state index contributed by atoms with van der Waals surface area (Å²) in [5.74, 6) is 0.229. The minimum absolute atomic E-state index is 0.128. The summed E-state index contributed by atoms with van der Waals surface area (Å²) >= 11 is 6.00. The van der Waals surface area contributed by atoms with Crippen molar-refractivity contribution in [3.8, 4) is 0 Å². The highest BCUT2D eigenvalue weighted by molar-refractivity contribution is 6.30. The second-order valence-electron chi connectivity index (χ2n) is 6.72. The van der Waals surface area contributed by atoms with Crippen LogP contribution in [0.1, 0.15) is 38.3 Å². The van der Waals surface area contributed by atoms with Crippen molar-refractivity contribution in [2.45, 2.75) is 38.8 Å². The molecular weight excluding hydrogens is 298 g/mol. The molecule has 1 aromatic carbocycles. The molecule has 0 spiro atoms. The van der Waals surface area contributed by atoms with Crippen LogP contribution in [0.3, 0.4) is 0 Å². The standard InChI is InChI=1S/C18H22ClNO2/c1-18(2)14-6-4-5-13(14)15(20-16(18)17(21)22-3)11-7-9-12(19)10-8-11/h6-10,13,15-16,20H,4-5H2,1-3H3/t13-,15+,16-/m0/s1. The minimum Gasteiger partial charge on any atom is -0.468 e. The van der Waals surface area contributed by atoms with Crippen LogP contribution in [0.2, 0.25) is 5.02 Å². The molecule has 1 heterocycles. The fourth-order valence-corrected chi connectivity index (χ4v) is 4.09. The van der Waals surface area contributed by atoms with Gasteiger partial charge in [-0.05, 0) is 30.5 Å². The third-order valence-corrected chi connectivity index (χ3v) is 5.37. The van der Waals surface area contributed by atoms with Gasteiger partial charge in [0.1, 0.15) is 6.04 Å².